The second-order valence-corrected chi connectivity index (χ2v) is 4.38. The van der Waals surface area contributed by atoms with Crippen LogP contribution in [0.2, 0.25) is 0 Å². The molecular weight excluding hydrogens is 235 g/mol. The highest BCUT2D eigenvalue weighted by Crippen LogP contribution is 2.18. The van der Waals surface area contributed by atoms with Gasteiger partial charge < -0.3 is 15.2 Å². The van der Waals surface area contributed by atoms with Gasteiger partial charge in [0, 0.05) is 19.2 Å². The van der Waals surface area contributed by atoms with Crippen LogP contribution in [0.1, 0.15) is 6.92 Å². The van der Waals surface area contributed by atoms with Gasteiger partial charge in [-0.05, 0) is 18.7 Å². The van der Waals surface area contributed by atoms with Crippen LogP contribution in [0.15, 0.2) is 18.2 Å². The fraction of sp³-hybridized carbons (Fsp3) is 0.538. The number of nitrogen functional groups attached to an aromatic ring is 1. The lowest BCUT2D eigenvalue weighted by atomic mass is 10.2. The summed E-state index contributed by atoms with van der Waals surface area (Å²) in [6.07, 6.45) is 0.0410. The largest absolute Gasteiger partial charge is 0.491 e. The highest BCUT2D eigenvalue weighted by molar-refractivity contribution is 5.43. The van der Waals surface area contributed by atoms with Gasteiger partial charge in [-0.15, -0.1) is 0 Å². The molecule has 18 heavy (non-hydrogen) atoms. The van der Waals surface area contributed by atoms with Gasteiger partial charge in [-0.1, -0.05) is 6.92 Å². The molecule has 4 nitrogen and oxygen atoms in total. The predicted molar refractivity (Wildman–Crippen MR) is 68.2 cm³/mol. The fourth-order valence-electron chi connectivity index (χ4n) is 1.96. The number of hydrogen-bond acceptors (Lipinski definition) is 4. The Morgan fingerprint density at radius 3 is 3.11 bits per heavy atom. The molecule has 0 bridgehead atoms. The van der Waals surface area contributed by atoms with E-state index in [0.717, 1.165) is 26.2 Å². The van der Waals surface area contributed by atoms with Crippen LogP contribution in [0, 0.1) is 5.82 Å². The Balaban J connectivity index is 1.85. The van der Waals surface area contributed by atoms with Crippen LogP contribution in [-0.4, -0.2) is 43.9 Å². The van der Waals surface area contributed by atoms with Gasteiger partial charge in [-0.2, -0.15) is 0 Å². The van der Waals surface area contributed by atoms with Gasteiger partial charge in [0.05, 0.1) is 12.3 Å². The van der Waals surface area contributed by atoms with Gasteiger partial charge in [0.15, 0.2) is 0 Å². The fourth-order valence-corrected chi connectivity index (χ4v) is 1.96. The molecule has 1 aliphatic heterocycles. The van der Waals surface area contributed by atoms with Crippen LogP contribution in [0.4, 0.5) is 10.1 Å². The highest BCUT2D eigenvalue weighted by atomic mass is 19.1. The van der Waals surface area contributed by atoms with Crippen LogP contribution < -0.4 is 10.5 Å². The quantitative estimate of drug-likeness (QED) is 0.827. The molecule has 0 aromatic heterocycles. The number of nitrogens with two attached hydrogens (primary N) is 1. The molecule has 0 aliphatic carbocycles. The highest BCUT2D eigenvalue weighted by Gasteiger charge is 2.19. The first-order chi connectivity index (χ1) is 8.69. The van der Waals surface area contributed by atoms with Crippen LogP contribution >= 0.6 is 0 Å². The Hall–Kier alpha value is -1.33. The van der Waals surface area contributed by atoms with Crippen LogP contribution in [0.5, 0.6) is 5.75 Å². The van der Waals surface area contributed by atoms with Gasteiger partial charge >= 0.3 is 0 Å². The van der Waals surface area contributed by atoms with Gasteiger partial charge in [-0.3, -0.25) is 4.90 Å². The first kappa shape index (κ1) is 13.1. The molecule has 5 heteroatoms. The number of benzene rings is 1. The summed E-state index contributed by atoms with van der Waals surface area (Å²) in [4.78, 5) is 2.31. The van der Waals surface area contributed by atoms with Crippen molar-refractivity contribution in [3.05, 3.63) is 24.0 Å². The summed E-state index contributed by atoms with van der Waals surface area (Å²) in [5.41, 5.74) is 5.53. The number of morpholine rings is 1. The molecule has 0 amide bonds. The molecule has 2 rings (SSSR count). The topological polar surface area (TPSA) is 47.7 Å². The second-order valence-electron chi connectivity index (χ2n) is 4.38. The monoisotopic (exact) mass is 254 g/mol. The van der Waals surface area contributed by atoms with E-state index in [1.165, 1.54) is 12.1 Å². The van der Waals surface area contributed by atoms with E-state index in [2.05, 4.69) is 11.8 Å². The minimum Gasteiger partial charge on any atom is -0.491 e. The third kappa shape index (κ3) is 3.34. The summed E-state index contributed by atoms with van der Waals surface area (Å²) < 4.78 is 24.3. The van der Waals surface area contributed by atoms with Gasteiger partial charge in [-0.25, -0.2) is 4.39 Å². The maximum Gasteiger partial charge on any atom is 0.149 e. The molecule has 1 heterocycles. The smallest absolute Gasteiger partial charge is 0.149 e. The molecule has 1 saturated heterocycles. The number of ether oxygens (including phenoxy) is 2. The van der Waals surface area contributed by atoms with Crippen molar-refractivity contribution in [3.63, 3.8) is 0 Å². The van der Waals surface area contributed by atoms with E-state index < -0.39 is 5.82 Å². The molecule has 1 aliphatic rings. The second kappa shape index (κ2) is 6.02. The molecule has 1 aromatic carbocycles. The molecule has 0 spiro atoms. The molecule has 1 fully saturated rings. The summed E-state index contributed by atoms with van der Waals surface area (Å²) in [7, 11) is 0. The van der Waals surface area contributed by atoms with E-state index in [1.807, 2.05) is 0 Å². The lowest BCUT2D eigenvalue weighted by Gasteiger charge is -2.31. The Bertz CT molecular complexity index is 401. The third-order valence-corrected chi connectivity index (χ3v) is 3.08. The van der Waals surface area contributed by atoms with Crippen molar-refractivity contribution >= 4 is 5.69 Å². The Morgan fingerprint density at radius 1 is 1.56 bits per heavy atom. The van der Waals surface area contributed by atoms with Crippen LogP contribution in [-0.2, 0) is 4.74 Å². The van der Waals surface area contributed by atoms with E-state index in [1.54, 1.807) is 6.07 Å². The van der Waals surface area contributed by atoms with Crippen molar-refractivity contribution in [2.24, 2.45) is 0 Å². The van der Waals surface area contributed by atoms with Crippen molar-refractivity contribution in [3.8, 4) is 5.75 Å². The normalized spacial score (nSPS) is 20.9. The summed E-state index contributed by atoms with van der Waals surface area (Å²) in [5, 5.41) is 0. The average molecular weight is 254 g/mol. The van der Waals surface area contributed by atoms with E-state index >= 15 is 0 Å². The molecule has 0 radical (unpaired) electrons. The summed E-state index contributed by atoms with van der Waals surface area (Å²) in [6, 6.07) is 4.47. The van der Waals surface area contributed by atoms with Gasteiger partial charge in [0.1, 0.15) is 24.3 Å². The number of halogens is 1. The van der Waals surface area contributed by atoms with Gasteiger partial charge in [0.2, 0.25) is 0 Å². The first-order valence-corrected chi connectivity index (χ1v) is 6.21. The predicted octanol–water partition coefficient (Wildman–Crippen LogP) is 1.51. The number of anilines is 1. The summed E-state index contributed by atoms with van der Waals surface area (Å²) >= 11 is 0. The van der Waals surface area contributed by atoms with Crippen LogP contribution in [0.3, 0.4) is 0 Å². The number of likely N-dealkylation sites (N-methyl/N-ethyl adjacent to an activating group) is 1. The maximum atomic E-state index is 13.2. The van der Waals surface area contributed by atoms with Crippen molar-refractivity contribution < 1.29 is 13.9 Å². The van der Waals surface area contributed by atoms with Crippen molar-refractivity contribution in [1.29, 1.82) is 0 Å². The Kier molecular flexibility index (Phi) is 4.38. The van der Waals surface area contributed by atoms with Gasteiger partial charge in [0.25, 0.3) is 0 Å². The molecule has 1 unspecified atom stereocenters. The maximum absolute atomic E-state index is 13.2. The zero-order valence-electron chi connectivity index (χ0n) is 10.6. The molecule has 0 saturated carbocycles. The van der Waals surface area contributed by atoms with Crippen molar-refractivity contribution in [2.75, 3.05) is 38.6 Å². The third-order valence-electron chi connectivity index (χ3n) is 3.08. The minimum atomic E-state index is -0.452. The zero-order chi connectivity index (χ0) is 13.0. The zero-order valence-corrected chi connectivity index (χ0v) is 10.6. The van der Waals surface area contributed by atoms with Crippen molar-refractivity contribution in [1.82, 2.24) is 4.90 Å². The minimum absolute atomic E-state index is 0.0410. The molecular formula is C13H19FN2O2. The van der Waals surface area contributed by atoms with E-state index in [4.69, 9.17) is 15.2 Å². The van der Waals surface area contributed by atoms with E-state index in [0.29, 0.717) is 12.4 Å². The first-order valence-electron chi connectivity index (χ1n) is 6.21. The average Bonchev–Trinajstić information content (AvgIpc) is 2.40. The number of nitrogens with zero attached hydrogens (tertiary/aromatic N) is 1. The molecule has 100 valence electrons. The van der Waals surface area contributed by atoms with Crippen LogP contribution in [0.25, 0.3) is 0 Å². The molecule has 2 N–H and O–H groups in total. The van der Waals surface area contributed by atoms with Crippen molar-refractivity contribution in [2.45, 2.75) is 13.0 Å². The standard InChI is InChI=1S/C13H19FN2O2/c1-2-16-5-6-17-11(8-16)9-18-10-3-4-13(15)12(14)7-10/h3-4,7,11H,2,5-6,8-9,15H2,1H3. The summed E-state index contributed by atoms with van der Waals surface area (Å²) in [5.74, 6) is 0.0335. The van der Waals surface area contributed by atoms with E-state index in [-0.39, 0.29) is 11.8 Å². The summed E-state index contributed by atoms with van der Waals surface area (Å²) in [6.45, 7) is 6.10. The Labute approximate surface area is 106 Å². The molecule has 1 aromatic rings. The SMILES string of the molecule is CCN1CCOC(COc2ccc(N)c(F)c2)C1. The van der Waals surface area contributed by atoms with E-state index in [9.17, 15) is 4.39 Å². The molecule has 1 atom stereocenters. The lowest BCUT2D eigenvalue weighted by Crippen LogP contribution is -2.44. The number of rotatable bonds is 4. The lowest BCUT2D eigenvalue weighted by molar-refractivity contribution is -0.0464. The number of hydrogen-bond donors (Lipinski definition) is 1. The Morgan fingerprint density at radius 2 is 2.39 bits per heavy atom.